The maximum absolute atomic E-state index is 12.0. The van der Waals surface area contributed by atoms with Gasteiger partial charge in [0.2, 0.25) is 0 Å². The SMILES string of the molecule is CO[C@H]1CC[C@]2(C=C[C@H](C)[C@@H](C[C@@H](O)CC3(C[C@@H]4CCC[C@H](CCO[Si](C)(C)C(C)(C)C)O4)SCCCS3)O2)O[C@@H]1CO[Si](c1ccccc1)(c1ccccc1)C(C)(C)C. The Bertz CT molecular complexity index is 1600. The molecule has 0 saturated carbocycles. The summed E-state index contributed by atoms with van der Waals surface area (Å²) >= 11 is 4.10. The van der Waals surface area contributed by atoms with Crippen LogP contribution >= 0.6 is 23.5 Å². The molecule has 0 radical (unpaired) electrons. The molecular formula is C49H78O7S2Si2. The van der Waals surface area contributed by atoms with Crippen LogP contribution in [-0.2, 0) is 27.8 Å². The van der Waals surface area contributed by atoms with Gasteiger partial charge in [0.05, 0.1) is 41.2 Å². The Balaban J connectivity index is 1.11. The fraction of sp³-hybridized carbons (Fsp3) is 0.714. The Hall–Kier alpha value is -0.966. The van der Waals surface area contributed by atoms with Gasteiger partial charge in [-0.25, -0.2) is 0 Å². The molecule has 3 fully saturated rings. The molecule has 2 aromatic carbocycles. The van der Waals surface area contributed by atoms with Crippen molar-refractivity contribution >= 4 is 50.5 Å². The summed E-state index contributed by atoms with van der Waals surface area (Å²) in [6.45, 7) is 21.9. The van der Waals surface area contributed by atoms with Crippen LogP contribution in [0.4, 0.5) is 0 Å². The topological polar surface area (TPSA) is 75.6 Å². The lowest BCUT2D eigenvalue weighted by Crippen LogP contribution is -2.67. The quantitative estimate of drug-likeness (QED) is 0.131. The van der Waals surface area contributed by atoms with Crippen LogP contribution in [0.2, 0.25) is 23.2 Å². The lowest BCUT2D eigenvalue weighted by atomic mass is 9.89. The van der Waals surface area contributed by atoms with Gasteiger partial charge in [0.1, 0.15) is 6.10 Å². The number of ether oxygens (including phenoxy) is 4. The number of hydrogen-bond donors (Lipinski definition) is 1. The molecule has 336 valence electrons. The van der Waals surface area contributed by atoms with Crippen molar-refractivity contribution in [2.24, 2.45) is 5.92 Å². The highest BCUT2D eigenvalue weighted by Crippen LogP contribution is 2.51. The molecule has 4 aliphatic rings. The van der Waals surface area contributed by atoms with E-state index in [4.69, 9.17) is 27.8 Å². The van der Waals surface area contributed by atoms with Crippen LogP contribution in [0.5, 0.6) is 0 Å². The molecule has 0 unspecified atom stereocenters. The molecule has 6 rings (SSSR count). The van der Waals surface area contributed by atoms with Crippen molar-refractivity contribution in [1.82, 2.24) is 0 Å². The monoisotopic (exact) mass is 898 g/mol. The third kappa shape index (κ3) is 11.6. The van der Waals surface area contributed by atoms with Gasteiger partial charge in [-0.1, -0.05) is 115 Å². The van der Waals surface area contributed by atoms with Crippen LogP contribution in [0.3, 0.4) is 0 Å². The largest absolute Gasteiger partial charge is 0.417 e. The predicted molar refractivity (Wildman–Crippen MR) is 257 cm³/mol. The van der Waals surface area contributed by atoms with Crippen molar-refractivity contribution < 1.29 is 32.9 Å². The molecular weight excluding hydrogens is 821 g/mol. The van der Waals surface area contributed by atoms with Crippen LogP contribution in [0.15, 0.2) is 72.8 Å². The molecule has 0 aromatic heterocycles. The molecule has 0 aliphatic carbocycles. The molecule has 7 nitrogen and oxygen atoms in total. The van der Waals surface area contributed by atoms with Gasteiger partial charge in [-0.15, -0.1) is 23.5 Å². The molecule has 2 aromatic rings. The van der Waals surface area contributed by atoms with Gasteiger partial charge < -0.3 is 32.9 Å². The number of aliphatic hydroxyl groups excluding tert-OH is 1. The Labute approximate surface area is 374 Å². The summed E-state index contributed by atoms with van der Waals surface area (Å²) in [5.41, 5.74) is 0. The highest BCUT2D eigenvalue weighted by atomic mass is 32.2. The van der Waals surface area contributed by atoms with E-state index in [0.717, 1.165) is 56.6 Å². The Morgan fingerprint density at radius 1 is 0.817 bits per heavy atom. The summed E-state index contributed by atoms with van der Waals surface area (Å²) in [5, 5.41) is 14.5. The van der Waals surface area contributed by atoms with Crippen molar-refractivity contribution in [1.29, 1.82) is 0 Å². The first-order chi connectivity index (χ1) is 28.4. The Kier molecular flexibility index (Phi) is 16.5. The van der Waals surface area contributed by atoms with Gasteiger partial charge in [-0.3, -0.25) is 0 Å². The number of methoxy groups -OCH3 is 1. The molecule has 1 N–H and O–H groups in total. The summed E-state index contributed by atoms with van der Waals surface area (Å²) in [6.07, 6.45) is 13.0. The van der Waals surface area contributed by atoms with Crippen molar-refractivity contribution in [3.05, 3.63) is 72.8 Å². The van der Waals surface area contributed by atoms with Gasteiger partial charge in [-0.05, 0) is 102 Å². The number of benzene rings is 2. The van der Waals surface area contributed by atoms with Gasteiger partial charge >= 0.3 is 0 Å². The number of rotatable bonds is 16. The normalized spacial score (nSPS) is 29.7. The molecule has 8 atom stereocenters. The van der Waals surface area contributed by atoms with Gasteiger partial charge in [-0.2, -0.15) is 0 Å². The number of aliphatic hydroxyl groups is 1. The fourth-order valence-electron chi connectivity index (χ4n) is 9.60. The predicted octanol–water partition coefficient (Wildman–Crippen LogP) is 10.5. The Morgan fingerprint density at radius 3 is 2.03 bits per heavy atom. The summed E-state index contributed by atoms with van der Waals surface area (Å²) in [7, 11) is -2.80. The van der Waals surface area contributed by atoms with Crippen molar-refractivity contribution in [3.8, 4) is 0 Å². The Morgan fingerprint density at radius 2 is 1.43 bits per heavy atom. The van der Waals surface area contributed by atoms with Crippen LogP contribution in [0.25, 0.3) is 0 Å². The summed E-state index contributed by atoms with van der Waals surface area (Å²) in [4.78, 5) is 0. The van der Waals surface area contributed by atoms with E-state index in [1.165, 1.54) is 23.2 Å². The number of thioether (sulfide) groups is 2. The van der Waals surface area contributed by atoms with Crippen molar-refractivity contribution in [2.75, 3.05) is 31.8 Å². The lowest BCUT2D eigenvalue weighted by Gasteiger charge is -2.49. The van der Waals surface area contributed by atoms with E-state index in [1.54, 1.807) is 7.11 Å². The van der Waals surface area contributed by atoms with E-state index >= 15 is 0 Å². The van der Waals surface area contributed by atoms with E-state index in [1.807, 2.05) is 0 Å². The first-order valence-electron chi connectivity index (χ1n) is 23.0. The molecule has 0 amide bonds. The van der Waals surface area contributed by atoms with Crippen molar-refractivity contribution in [3.63, 3.8) is 0 Å². The van der Waals surface area contributed by atoms with E-state index in [9.17, 15) is 5.11 Å². The third-order valence-corrected chi connectivity index (χ3v) is 27.0. The minimum Gasteiger partial charge on any atom is -0.417 e. The zero-order valence-electron chi connectivity index (χ0n) is 38.6. The second-order valence-electron chi connectivity index (χ2n) is 20.6. The maximum Gasteiger partial charge on any atom is 0.261 e. The van der Waals surface area contributed by atoms with Crippen LogP contribution < -0.4 is 10.4 Å². The van der Waals surface area contributed by atoms with E-state index in [-0.39, 0.29) is 50.6 Å². The third-order valence-electron chi connectivity index (χ3n) is 14.1. The average molecular weight is 899 g/mol. The molecule has 3 saturated heterocycles. The second-order valence-corrected chi connectivity index (χ2v) is 32.9. The molecule has 4 aliphatic heterocycles. The highest BCUT2D eigenvalue weighted by molar-refractivity contribution is 8.18. The minimum absolute atomic E-state index is 0.0658. The smallest absolute Gasteiger partial charge is 0.261 e. The van der Waals surface area contributed by atoms with E-state index in [2.05, 4.69) is 158 Å². The van der Waals surface area contributed by atoms with Crippen LogP contribution in [0.1, 0.15) is 113 Å². The summed E-state index contributed by atoms with van der Waals surface area (Å²) in [5.74, 6) is 1.52. The highest BCUT2D eigenvalue weighted by Gasteiger charge is 2.53. The average Bonchev–Trinajstić information content (AvgIpc) is 3.20. The van der Waals surface area contributed by atoms with E-state index < -0.39 is 28.5 Å². The van der Waals surface area contributed by atoms with Crippen LogP contribution in [0, 0.1) is 5.92 Å². The van der Waals surface area contributed by atoms with Gasteiger partial charge in [0.15, 0.2) is 14.1 Å². The minimum atomic E-state index is -2.80. The molecule has 1 spiro atoms. The molecule has 4 heterocycles. The summed E-state index contributed by atoms with van der Waals surface area (Å²) < 4.78 is 40.9. The zero-order valence-corrected chi connectivity index (χ0v) is 42.2. The molecule has 11 heteroatoms. The second kappa shape index (κ2) is 20.5. The fourth-order valence-corrected chi connectivity index (χ4v) is 18.8. The summed E-state index contributed by atoms with van der Waals surface area (Å²) in [6, 6.07) is 21.6. The van der Waals surface area contributed by atoms with Gasteiger partial charge in [0, 0.05) is 32.5 Å². The molecule has 60 heavy (non-hydrogen) atoms. The van der Waals surface area contributed by atoms with Crippen LogP contribution in [-0.4, -0.2) is 100 Å². The lowest BCUT2D eigenvalue weighted by molar-refractivity contribution is -0.304. The van der Waals surface area contributed by atoms with E-state index in [0.29, 0.717) is 19.4 Å². The maximum atomic E-state index is 12.0. The first-order valence-corrected chi connectivity index (χ1v) is 29.8. The molecule has 0 bridgehead atoms. The standard InChI is InChI=1S/C49H78O7S2Si2/c1-37-25-28-48(29-26-43(51-8)45(56-48)36-53-60(47(5,6)7,41-21-13-11-14-22-41)42-23-15-12-16-24-42)55-44(37)33-38(50)34-49(57-31-18-32-58-49)35-40-20-17-19-39(54-40)27-30-52-59(9,10)46(2,3)4/h11-16,21-25,28,37-40,43-45,50H,17-20,26-27,29-36H2,1-10H3/t37-,38+,39+,40-,43-,44+,45+,48-/m0/s1. The van der Waals surface area contributed by atoms with Gasteiger partial charge in [0.25, 0.3) is 8.32 Å². The zero-order chi connectivity index (χ0) is 43.2. The first kappa shape index (κ1) is 48.5. The van der Waals surface area contributed by atoms with Crippen molar-refractivity contribution in [2.45, 2.75) is 182 Å². The number of hydrogen-bond acceptors (Lipinski definition) is 9.